The van der Waals surface area contributed by atoms with E-state index >= 15 is 0 Å². The van der Waals surface area contributed by atoms with Gasteiger partial charge in [0.25, 0.3) is 0 Å². The quantitative estimate of drug-likeness (QED) is 0.0250. The van der Waals surface area contributed by atoms with Gasteiger partial charge in [-0.2, -0.15) is 0 Å². The highest BCUT2D eigenvalue weighted by Gasteiger charge is 2.40. The highest BCUT2D eigenvalue weighted by molar-refractivity contribution is 5.73. The molecule has 2 rings (SSSR count). The second-order valence-electron chi connectivity index (χ2n) is 20.2. The Kier molecular flexibility index (Phi) is 36.8. The molecule has 0 spiro atoms. The minimum atomic E-state index is -0.355. The number of hydrogen-bond acceptors (Lipinski definition) is 11. The summed E-state index contributed by atoms with van der Waals surface area (Å²) in [4.78, 5) is 66.6. The first-order valence-electron chi connectivity index (χ1n) is 28.1. The minimum Gasteiger partial charge on any atom is -0.466 e. The average molecular weight is 970 g/mol. The van der Waals surface area contributed by atoms with Crippen molar-refractivity contribution < 1.29 is 47.7 Å². The van der Waals surface area contributed by atoms with Gasteiger partial charge in [0.15, 0.2) is 0 Å². The fourth-order valence-electron chi connectivity index (χ4n) is 9.50. The van der Waals surface area contributed by atoms with Gasteiger partial charge in [0.05, 0.1) is 25.7 Å². The Morgan fingerprint density at radius 3 is 1.77 bits per heavy atom. The number of carbonyl (C=O) groups is 5. The highest BCUT2D eigenvalue weighted by atomic mass is 16.6. The first-order valence-corrected chi connectivity index (χ1v) is 28.1. The van der Waals surface area contributed by atoms with Crippen LogP contribution in [-0.2, 0) is 47.7 Å². The van der Waals surface area contributed by atoms with E-state index in [2.05, 4.69) is 63.6 Å². The van der Waals surface area contributed by atoms with E-state index in [1.165, 1.54) is 44.9 Å². The summed E-state index contributed by atoms with van der Waals surface area (Å²) in [5.74, 6) is -1.23. The van der Waals surface area contributed by atoms with Crippen LogP contribution in [0, 0.1) is 23.7 Å². The number of esters is 5. The Bertz CT molecular complexity index is 1410. The lowest BCUT2D eigenvalue weighted by atomic mass is 9.89. The second kappa shape index (κ2) is 41.2. The molecule has 0 aromatic rings. The molecule has 1 saturated carbocycles. The number of allylic oxidation sites excluding steroid dienone is 5. The van der Waals surface area contributed by atoms with Crippen molar-refractivity contribution in [1.82, 2.24) is 4.90 Å². The molecule has 1 saturated heterocycles. The number of carbonyl (C=O) groups excluding carboxylic acids is 5. The maximum Gasteiger partial charge on any atom is 0.309 e. The van der Waals surface area contributed by atoms with Gasteiger partial charge in [0.2, 0.25) is 0 Å². The third-order valence-electron chi connectivity index (χ3n) is 14.0. The summed E-state index contributed by atoms with van der Waals surface area (Å²) in [7, 11) is 2.08. The summed E-state index contributed by atoms with van der Waals surface area (Å²) in [6.45, 7) is 12.7. The topological polar surface area (TPSA) is 135 Å². The predicted octanol–water partition coefficient (Wildman–Crippen LogP) is 13.7. The van der Waals surface area contributed by atoms with E-state index in [9.17, 15) is 24.0 Å². The third kappa shape index (κ3) is 31.5. The highest BCUT2D eigenvalue weighted by Crippen LogP contribution is 2.40. The Morgan fingerprint density at radius 1 is 0.594 bits per heavy atom. The van der Waals surface area contributed by atoms with Gasteiger partial charge in [-0.25, -0.2) is 0 Å². The van der Waals surface area contributed by atoms with Crippen molar-refractivity contribution in [2.45, 2.75) is 238 Å². The summed E-state index contributed by atoms with van der Waals surface area (Å²) < 4.78 is 29.1. The smallest absolute Gasteiger partial charge is 0.309 e. The van der Waals surface area contributed by atoms with Gasteiger partial charge in [-0.05, 0) is 129 Å². The summed E-state index contributed by atoms with van der Waals surface area (Å²) in [6, 6.07) is 0. The molecule has 0 bridgehead atoms. The summed E-state index contributed by atoms with van der Waals surface area (Å²) in [5, 5.41) is 0. The molecular weight excluding hydrogens is 871 g/mol. The molecular formula is C58H99NO10. The van der Waals surface area contributed by atoms with E-state index in [1.807, 2.05) is 6.08 Å². The standard InChI is InChI=1S/C58H99NO10/c1-6-10-13-14-15-16-17-18-19-20-21-22-23-24-25-28-33-51(41-44-65-57(63)45-50-37-38-53(52(50)31-9-4)69-58(64)49-39-42-59(5)43-40-49)68-56(62)36-30-29-32-48(46-66-54(60)34-26-11-7-2)47-67-55(61)35-27-12-8-3/h9,15-16,18-19,48-53H,4,6-8,10-14,17,20-47H2,1-3,5H3/b16-15-,19-18-. The summed E-state index contributed by atoms with van der Waals surface area (Å²) in [6.07, 6.45) is 38.1. The Balaban J connectivity index is 1.88. The van der Waals surface area contributed by atoms with Crippen LogP contribution in [0.25, 0.3) is 0 Å². The lowest BCUT2D eigenvalue weighted by molar-refractivity contribution is -0.158. The second-order valence-corrected chi connectivity index (χ2v) is 20.2. The first kappa shape index (κ1) is 61.6. The number of unbranched alkanes of at least 4 members (excludes halogenated alkanes) is 14. The molecule has 0 amide bonds. The molecule has 0 aromatic carbocycles. The normalized spacial score (nSPS) is 18.2. The Morgan fingerprint density at radius 2 is 1.14 bits per heavy atom. The predicted molar refractivity (Wildman–Crippen MR) is 277 cm³/mol. The molecule has 69 heavy (non-hydrogen) atoms. The number of nitrogens with zero attached hydrogens (tertiary/aromatic N) is 1. The summed E-state index contributed by atoms with van der Waals surface area (Å²) in [5.41, 5.74) is 0. The Hall–Kier alpha value is -3.47. The molecule has 4 atom stereocenters. The SMILES string of the molecule is C=CCC1C(CC(=O)OCCC(CCCCCCCC/C=C\C/C=C\CCCCC)OC(=O)CCCCC(COC(=O)CCCCC)COC(=O)CCCCC)CCC1OC(=O)C1CCN(C)CC1. The maximum atomic E-state index is 13.3. The lowest BCUT2D eigenvalue weighted by Gasteiger charge is -2.30. The van der Waals surface area contributed by atoms with E-state index in [4.69, 9.17) is 23.7 Å². The van der Waals surface area contributed by atoms with Gasteiger partial charge in [-0.3, -0.25) is 24.0 Å². The fraction of sp³-hybridized carbons (Fsp3) is 0.810. The lowest BCUT2D eigenvalue weighted by Crippen LogP contribution is -2.36. The molecule has 2 fully saturated rings. The van der Waals surface area contributed by atoms with Gasteiger partial charge in [0, 0.05) is 43.9 Å². The number of rotatable bonds is 42. The van der Waals surface area contributed by atoms with E-state index in [0.29, 0.717) is 51.4 Å². The van der Waals surface area contributed by atoms with Crippen molar-refractivity contribution in [1.29, 1.82) is 0 Å². The molecule has 1 aliphatic carbocycles. The van der Waals surface area contributed by atoms with Crippen LogP contribution in [0.3, 0.4) is 0 Å². The molecule has 1 heterocycles. The van der Waals surface area contributed by atoms with Crippen molar-refractivity contribution in [3.8, 4) is 0 Å². The zero-order valence-electron chi connectivity index (χ0n) is 44.3. The van der Waals surface area contributed by atoms with Crippen LogP contribution in [0.15, 0.2) is 37.0 Å². The van der Waals surface area contributed by atoms with Crippen molar-refractivity contribution in [2.24, 2.45) is 23.7 Å². The van der Waals surface area contributed by atoms with Crippen LogP contribution < -0.4 is 0 Å². The molecule has 2 aliphatic rings. The van der Waals surface area contributed by atoms with Crippen LogP contribution >= 0.6 is 0 Å². The molecule has 4 unspecified atom stereocenters. The van der Waals surface area contributed by atoms with Crippen molar-refractivity contribution in [3.05, 3.63) is 37.0 Å². The molecule has 1 aliphatic heterocycles. The van der Waals surface area contributed by atoms with E-state index < -0.39 is 0 Å². The van der Waals surface area contributed by atoms with Crippen molar-refractivity contribution in [3.63, 3.8) is 0 Å². The molecule has 0 aromatic heterocycles. The zero-order valence-corrected chi connectivity index (χ0v) is 44.3. The summed E-state index contributed by atoms with van der Waals surface area (Å²) >= 11 is 0. The molecule has 11 heteroatoms. The van der Waals surface area contributed by atoms with Crippen LogP contribution in [0.5, 0.6) is 0 Å². The van der Waals surface area contributed by atoms with Crippen LogP contribution in [-0.4, -0.2) is 86.9 Å². The van der Waals surface area contributed by atoms with E-state index in [0.717, 1.165) is 109 Å². The van der Waals surface area contributed by atoms with Crippen molar-refractivity contribution in [2.75, 3.05) is 40.0 Å². The van der Waals surface area contributed by atoms with Gasteiger partial charge in [0.1, 0.15) is 12.2 Å². The van der Waals surface area contributed by atoms with Crippen LogP contribution in [0.2, 0.25) is 0 Å². The van der Waals surface area contributed by atoms with E-state index in [1.54, 1.807) is 0 Å². The number of piperidine rings is 1. The molecule has 11 nitrogen and oxygen atoms in total. The maximum absolute atomic E-state index is 13.3. The average Bonchev–Trinajstić information content (AvgIpc) is 3.70. The largest absolute Gasteiger partial charge is 0.466 e. The van der Waals surface area contributed by atoms with Crippen LogP contribution in [0.1, 0.15) is 226 Å². The third-order valence-corrected chi connectivity index (χ3v) is 14.0. The van der Waals surface area contributed by atoms with E-state index in [-0.39, 0.29) is 98.4 Å². The van der Waals surface area contributed by atoms with Gasteiger partial charge < -0.3 is 28.6 Å². The monoisotopic (exact) mass is 970 g/mol. The van der Waals surface area contributed by atoms with Crippen LogP contribution in [0.4, 0.5) is 0 Å². The number of likely N-dealkylation sites (tertiary alicyclic amines) is 1. The first-order chi connectivity index (χ1) is 33.6. The van der Waals surface area contributed by atoms with Gasteiger partial charge in [-0.1, -0.05) is 122 Å². The molecule has 396 valence electrons. The molecule has 0 radical (unpaired) electrons. The van der Waals surface area contributed by atoms with Gasteiger partial charge in [-0.15, -0.1) is 6.58 Å². The number of hydrogen-bond donors (Lipinski definition) is 0. The fourth-order valence-corrected chi connectivity index (χ4v) is 9.50. The zero-order chi connectivity index (χ0) is 50.2. The molecule has 0 N–H and O–H groups in total. The van der Waals surface area contributed by atoms with Gasteiger partial charge >= 0.3 is 29.8 Å². The number of ether oxygens (including phenoxy) is 5. The van der Waals surface area contributed by atoms with Crippen molar-refractivity contribution >= 4 is 29.8 Å². The minimum absolute atomic E-state index is 0.0363. The Labute approximate surface area is 420 Å².